The first-order chi connectivity index (χ1) is 17.5. The smallest absolute Gasteiger partial charge is 0.251 e. The molecule has 1 saturated heterocycles. The molecule has 1 amide bonds. The van der Waals surface area contributed by atoms with Gasteiger partial charge in [0.25, 0.3) is 5.91 Å². The Hall–Kier alpha value is -3.22. The van der Waals surface area contributed by atoms with Gasteiger partial charge in [-0.05, 0) is 65.9 Å². The van der Waals surface area contributed by atoms with Crippen LogP contribution in [0.3, 0.4) is 0 Å². The van der Waals surface area contributed by atoms with Crippen molar-refractivity contribution in [3.63, 3.8) is 0 Å². The normalized spacial score (nSPS) is 14.2. The number of rotatable bonds is 9. The van der Waals surface area contributed by atoms with E-state index >= 15 is 0 Å². The molecule has 1 aliphatic rings. The van der Waals surface area contributed by atoms with Crippen molar-refractivity contribution < 1.29 is 4.79 Å². The van der Waals surface area contributed by atoms with Crippen molar-refractivity contribution in [2.45, 2.75) is 11.4 Å². The van der Waals surface area contributed by atoms with Crippen molar-refractivity contribution in [3.05, 3.63) is 95.6 Å². The lowest BCUT2D eigenvalue weighted by atomic mass is 10.1. The second-order valence-corrected chi connectivity index (χ2v) is 10.1. The highest BCUT2D eigenvalue weighted by atomic mass is 32.2. The van der Waals surface area contributed by atoms with Gasteiger partial charge in [0.15, 0.2) is 0 Å². The van der Waals surface area contributed by atoms with Gasteiger partial charge in [-0.2, -0.15) is 0 Å². The van der Waals surface area contributed by atoms with E-state index in [0.29, 0.717) is 12.1 Å². The highest BCUT2D eigenvalue weighted by molar-refractivity contribution is 7.98. The van der Waals surface area contributed by atoms with Crippen LogP contribution < -0.4 is 15.1 Å². The number of carbonyl (C=O) groups is 1. The van der Waals surface area contributed by atoms with Crippen molar-refractivity contribution in [2.75, 3.05) is 62.9 Å². The summed E-state index contributed by atoms with van der Waals surface area (Å²) in [6, 6.07) is 24.9. The van der Waals surface area contributed by atoms with Gasteiger partial charge in [0.2, 0.25) is 0 Å². The standard InChI is InChI=1S/C30H36N4OS/c1-32(2)27-13-9-24(10-14-27)7-5-17-33-18-20-34(21-19-33)28-8-4-6-25(22-28)23-31-30(35)26-11-15-29(36-3)16-12-26/h4-16,22H,17-21,23H2,1-3H3,(H,31,35). The van der Waals surface area contributed by atoms with E-state index in [9.17, 15) is 4.79 Å². The lowest BCUT2D eigenvalue weighted by Crippen LogP contribution is -2.46. The molecule has 6 heteroatoms. The van der Waals surface area contributed by atoms with Gasteiger partial charge in [-0.25, -0.2) is 0 Å². The van der Waals surface area contributed by atoms with Crippen LogP contribution in [-0.4, -0.2) is 63.9 Å². The van der Waals surface area contributed by atoms with Crippen LogP contribution in [0, 0.1) is 0 Å². The highest BCUT2D eigenvalue weighted by Crippen LogP contribution is 2.19. The van der Waals surface area contributed by atoms with Gasteiger partial charge in [0, 0.05) is 75.2 Å². The summed E-state index contributed by atoms with van der Waals surface area (Å²) in [4.78, 5) is 20.7. The molecule has 1 N–H and O–H groups in total. The van der Waals surface area contributed by atoms with Gasteiger partial charge in [-0.1, -0.05) is 36.4 Å². The molecule has 0 radical (unpaired) electrons. The number of benzene rings is 3. The molecule has 0 aliphatic carbocycles. The van der Waals surface area contributed by atoms with Crippen LogP contribution in [0.15, 0.2) is 83.8 Å². The molecule has 0 spiro atoms. The summed E-state index contributed by atoms with van der Waals surface area (Å²) in [7, 11) is 4.12. The number of nitrogens with zero attached hydrogens (tertiary/aromatic N) is 3. The molecule has 0 saturated carbocycles. The van der Waals surface area contributed by atoms with Gasteiger partial charge < -0.3 is 15.1 Å². The van der Waals surface area contributed by atoms with Crippen LogP contribution in [0.25, 0.3) is 6.08 Å². The summed E-state index contributed by atoms with van der Waals surface area (Å²) in [5.41, 5.74) is 5.49. The van der Waals surface area contributed by atoms with Crippen LogP contribution in [0.1, 0.15) is 21.5 Å². The third-order valence-corrected chi connectivity index (χ3v) is 7.28. The van der Waals surface area contributed by atoms with E-state index in [1.54, 1.807) is 11.8 Å². The quantitative estimate of drug-likeness (QED) is 0.407. The first kappa shape index (κ1) is 25.9. The summed E-state index contributed by atoms with van der Waals surface area (Å²) in [6.07, 6.45) is 6.50. The Bertz CT molecular complexity index is 1150. The van der Waals surface area contributed by atoms with E-state index in [4.69, 9.17) is 0 Å². The van der Waals surface area contributed by atoms with Crippen LogP contribution in [-0.2, 0) is 6.54 Å². The number of carbonyl (C=O) groups excluding carboxylic acids is 1. The topological polar surface area (TPSA) is 38.8 Å². The van der Waals surface area contributed by atoms with E-state index in [1.165, 1.54) is 16.9 Å². The zero-order valence-corrected chi connectivity index (χ0v) is 22.3. The second kappa shape index (κ2) is 12.7. The van der Waals surface area contributed by atoms with Crippen molar-refractivity contribution in [1.29, 1.82) is 0 Å². The molecule has 3 aromatic rings. The fraction of sp³-hybridized carbons (Fsp3) is 0.300. The number of piperazine rings is 1. The number of amides is 1. The van der Waals surface area contributed by atoms with Crippen LogP contribution >= 0.6 is 11.8 Å². The largest absolute Gasteiger partial charge is 0.378 e. The molecular formula is C30H36N4OS. The second-order valence-electron chi connectivity index (χ2n) is 9.26. The summed E-state index contributed by atoms with van der Waals surface area (Å²) in [5, 5.41) is 3.05. The molecule has 1 heterocycles. The minimum atomic E-state index is -0.0385. The number of hydrogen-bond acceptors (Lipinski definition) is 5. The summed E-state index contributed by atoms with van der Waals surface area (Å²) in [6.45, 7) is 5.57. The van der Waals surface area contributed by atoms with Crippen molar-refractivity contribution in [2.24, 2.45) is 0 Å². The molecule has 0 unspecified atom stereocenters. The molecule has 188 valence electrons. The number of thioether (sulfide) groups is 1. The Balaban J connectivity index is 1.24. The maximum atomic E-state index is 12.5. The Kier molecular flexibility index (Phi) is 9.09. The SMILES string of the molecule is CSc1ccc(C(=O)NCc2cccc(N3CCN(CC=Cc4ccc(N(C)C)cc4)CC3)c2)cc1. The van der Waals surface area contributed by atoms with Crippen LogP contribution in [0.5, 0.6) is 0 Å². The molecule has 4 rings (SSSR count). The number of nitrogens with one attached hydrogen (secondary N) is 1. The maximum absolute atomic E-state index is 12.5. The molecule has 36 heavy (non-hydrogen) atoms. The lowest BCUT2D eigenvalue weighted by molar-refractivity contribution is 0.0951. The Morgan fingerprint density at radius 3 is 2.36 bits per heavy atom. The van der Waals surface area contributed by atoms with E-state index in [1.807, 2.05) is 30.5 Å². The van der Waals surface area contributed by atoms with E-state index in [0.717, 1.165) is 43.2 Å². The molecule has 3 aromatic carbocycles. The number of hydrogen-bond donors (Lipinski definition) is 1. The highest BCUT2D eigenvalue weighted by Gasteiger charge is 2.16. The Labute approximate surface area is 219 Å². The summed E-state index contributed by atoms with van der Waals surface area (Å²) >= 11 is 1.67. The molecule has 5 nitrogen and oxygen atoms in total. The van der Waals surface area contributed by atoms with Gasteiger partial charge >= 0.3 is 0 Å². The zero-order valence-electron chi connectivity index (χ0n) is 21.5. The fourth-order valence-electron chi connectivity index (χ4n) is 4.30. The first-order valence-corrected chi connectivity index (χ1v) is 13.7. The van der Waals surface area contributed by atoms with Crippen LogP contribution in [0.4, 0.5) is 11.4 Å². The molecule has 0 aromatic heterocycles. The monoisotopic (exact) mass is 500 g/mol. The van der Waals surface area contributed by atoms with Gasteiger partial charge in [-0.3, -0.25) is 9.69 Å². The number of anilines is 2. The maximum Gasteiger partial charge on any atom is 0.251 e. The third-order valence-electron chi connectivity index (χ3n) is 6.54. The molecule has 1 fully saturated rings. The molecule has 0 bridgehead atoms. The third kappa shape index (κ3) is 7.15. The fourth-order valence-corrected chi connectivity index (χ4v) is 4.71. The van der Waals surface area contributed by atoms with Crippen LogP contribution in [0.2, 0.25) is 0 Å². The molecule has 0 atom stereocenters. The van der Waals surface area contributed by atoms with Crippen molar-refractivity contribution in [1.82, 2.24) is 10.2 Å². The van der Waals surface area contributed by atoms with Gasteiger partial charge in [-0.15, -0.1) is 11.8 Å². The lowest BCUT2D eigenvalue weighted by Gasteiger charge is -2.35. The van der Waals surface area contributed by atoms with E-state index in [-0.39, 0.29) is 5.91 Å². The van der Waals surface area contributed by atoms with Crippen molar-refractivity contribution in [3.8, 4) is 0 Å². The predicted octanol–water partition coefficient (Wildman–Crippen LogP) is 5.24. The minimum Gasteiger partial charge on any atom is -0.378 e. The average molecular weight is 501 g/mol. The molecule has 1 aliphatic heterocycles. The summed E-state index contributed by atoms with van der Waals surface area (Å²) in [5.74, 6) is -0.0385. The van der Waals surface area contributed by atoms with E-state index < -0.39 is 0 Å². The predicted molar refractivity (Wildman–Crippen MR) is 154 cm³/mol. The summed E-state index contributed by atoms with van der Waals surface area (Å²) < 4.78 is 0. The Morgan fingerprint density at radius 1 is 0.972 bits per heavy atom. The first-order valence-electron chi connectivity index (χ1n) is 12.4. The molecular weight excluding hydrogens is 464 g/mol. The van der Waals surface area contributed by atoms with Gasteiger partial charge in [0.1, 0.15) is 0 Å². The van der Waals surface area contributed by atoms with Crippen molar-refractivity contribution >= 4 is 35.1 Å². The Morgan fingerprint density at radius 2 is 1.69 bits per heavy atom. The van der Waals surface area contributed by atoms with E-state index in [2.05, 4.69) is 94.8 Å². The van der Waals surface area contributed by atoms with Gasteiger partial charge in [0.05, 0.1) is 0 Å². The average Bonchev–Trinajstić information content (AvgIpc) is 2.92. The zero-order chi connectivity index (χ0) is 25.3. The minimum absolute atomic E-state index is 0.0385.